The lowest BCUT2D eigenvalue weighted by Crippen LogP contribution is -2.23. The van der Waals surface area contributed by atoms with E-state index in [0.717, 1.165) is 0 Å². The lowest BCUT2D eigenvalue weighted by Gasteiger charge is -2.17. The first kappa shape index (κ1) is 18.3. The average molecular weight is 352 g/mol. The Morgan fingerprint density at radius 3 is 2.27 bits per heavy atom. The molecule has 0 aromatic carbocycles. The molecule has 0 bridgehead atoms. The topological polar surface area (TPSA) is 48.4 Å². The number of nitrogens with zero attached hydrogens (tertiary/aromatic N) is 1. The predicted octanol–water partition coefficient (Wildman–Crippen LogP) is 3.91. The Morgan fingerprint density at radius 1 is 1.27 bits per heavy atom. The maximum atomic E-state index is 12.8. The molecule has 0 aliphatic rings. The van der Waals surface area contributed by atoms with E-state index in [1.807, 2.05) is 0 Å². The van der Waals surface area contributed by atoms with Gasteiger partial charge in [0.15, 0.2) is 0 Å². The van der Waals surface area contributed by atoms with E-state index in [1.165, 1.54) is 6.92 Å². The van der Waals surface area contributed by atoms with Crippen LogP contribution in [-0.2, 0) is 16.8 Å². The monoisotopic (exact) mass is 351 g/mol. The Bertz CT molecular complexity index is 558. The Balaban J connectivity index is 3.49. The minimum Gasteiger partial charge on any atom is -0.462 e. The summed E-state index contributed by atoms with van der Waals surface area (Å²) in [6, 6.07) is 0.170. The van der Waals surface area contributed by atoms with E-state index in [-0.39, 0.29) is 12.7 Å². The lowest BCUT2D eigenvalue weighted by atomic mass is 10.1. The molecule has 0 radical (unpaired) electrons. The van der Waals surface area contributed by atoms with Crippen molar-refractivity contribution in [3.8, 4) is 5.88 Å². The van der Waals surface area contributed by atoms with Gasteiger partial charge in [-0.25, -0.2) is 9.78 Å². The third-order valence-corrected chi connectivity index (χ3v) is 2.46. The zero-order valence-electron chi connectivity index (χ0n) is 10.8. The van der Waals surface area contributed by atoms with Crippen LogP contribution in [0.4, 0.5) is 26.3 Å². The Hall–Kier alpha value is -1.71. The van der Waals surface area contributed by atoms with E-state index in [1.54, 1.807) is 0 Å². The van der Waals surface area contributed by atoms with Crippen LogP contribution in [-0.4, -0.2) is 23.9 Å². The number of hydrogen-bond acceptors (Lipinski definition) is 4. The second-order valence-corrected chi connectivity index (χ2v) is 4.00. The molecule has 1 heterocycles. The number of aromatic nitrogens is 1. The summed E-state index contributed by atoms with van der Waals surface area (Å²) in [6.07, 6.45) is -10.6. The average Bonchev–Trinajstić information content (AvgIpc) is 2.35. The van der Waals surface area contributed by atoms with Gasteiger partial charge in [-0.3, -0.25) is 0 Å². The third kappa shape index (κ3) is 4.65. The predicted molar refractivity (Wildman–Crippen MR) is 61.4 cm³/mol. The van der Waals surface area contributed by atoms with Crippen LogP contribution in [0.2, 0.25) is 0 Å². The van der Waals surface area contributed by atoms with Crippen molar-refractivity contribution in [2.75, 3.05) is 6.61 Å². The van der Waals surface area contributed by atoms with Gasteiger partial charge in [0.1, 0.15) is 5.56 Å². The SMILES string of the molecule is CCOC(=O)c1cc(C(F)(F)F)c(OC(F)(F)F)nc1CCl. The molecular weight excluding hydrogens is 344 g/mol. The largest absolute Gasteiger partial charge is 0.574 e. The molecule has 0 saturated carbocycles. The molecule has 1 aromatic rings. The van der Waals surface area contributed by atoms with Gasteiger partial charge in [-0.05, 0) is 13.0 Å². The van der Waals surface area contributed by atoms with Gasteiger partial charge < -0.3 is 9.47 Å². The van der Waals surface area contributed by atoms with Crippen molar-refractivity contribution in [2.24, 2.45) is 0 Å². The quantitative estimate of drug-likeness (QED) is 0.469. The van der Waals surface area contributed by atoms with Gasteiger partial charge in [-0.1, -0.05) is 0 Å². The highest BCUT2D eigenvalue weighted by Gasteiger charge is 2.41. The fraction of sp³-hybridized carbons (Fsp3) is 0.455. The number of carbonyl (C=O) groups excluding carboxylic acids is 1. The number of esters is 1. The molecule has 0 atom stereocenters. The first-order valence-corrected chi connectivity index (χ1v) is 6.13. The van der Waals surface area contributed by atoms with E-state index in [4.69, 9.17) is 11.6 Å². The van der Waals surface area contributed by atoms with Crippen molar-refractivity contribution in [1.29, 1.82) is 0 Å². The van der Waals surface area contributed by atoms with Crippen molar-refractivity contribution in [3.05, 3.63) is 22.9 Å². The van der Waals surface area contributed by atoms with E-state index < -0.39 is 47.1 Å². The molecule has 124 valence electrons. The number of carbonyl (C=O) groups is 1. The van der Waals surface area contributed by atoms with Crippen LogP contribution in [0.3, 0.4) is 0 Å². The minimum absolute atomic E-state index is 0.150. The summed E-state index contributed by atoms with van der Waals surface area (Å²) in [7, 11) is 0. The number of ether oxygens (including phenoxy) is 2. The van der Waals surface area contributed by atoms with Crippen LogP contribution < -0.4 is 4.74 Å². The molecule has 0 spiro atoms. The molecule has 0 saturated heterocycles. The van der Waals surface area contributed by atoms with Crippen LogP contribution in [0.15, 0.2) is 6.07 Å². The lowest BCUT2D eigenvalue weighted by molar-refractivity contribution is -0.277. The van der Waals surface area contributed by atoms with Gasteiger partial charge in [-0.2, -0.15) is 13.2 Å². The zero-order valence-corrected chi connectivity index (χ0v) is 11.6. The molecule has 1 aromatic heterocycles. The standard InChI is InChI=1S/C11H8ClF6NO3/c1-2-21-9(20)5-3-6(10(13,14)15)8(19-7(5)4-12)22-11(16,17)18/h3H,2,4H2,1H3. The summed E-state index contributed by atoms with van der Waals surface area (Å²) in [5.74, 6) is -3.53. The highest BCUT2D eigenvalue weighted by atomic mass is 35.5. The van der Waals surface area contributed by atoms with Gasteiger partial charge in [0, 0.05) is 0 Å². The van der Waals surface area contributed by atoms with E-state index in [0.29, 0.717) is 0 Å². The number of pyridine rings is 1. The molecule has 0 N–H and O–H groups in total. The second kappa shape index (κ2) is 6.59. The van der Waals surface area contributed by atoms with Crippen molar-refractivity contribution in [2.45, 2.75) is 25.3 Å². The Morgan fingerprint density at radius 2 is 1.86 bits per heavy atom. The molecule has 0 aliphatic carbocycles. The summed E-state index contributed by atoms with van der Waals surface area (Å²) < 4.78 is 82.7. The molecule has 0 aliphatic heterocycles. The summed E-state index contributed by atoms with van der Waals surface area (Å²) in [5.41, 5.74) is -3.06. The van der Waals surface area contributed by atoms with Gasteiger partial charge in [0.2, 0.25) is 5.88 Å². The van der Waals surface area contributed by atoms with Gasteiger partial charge in [0.05, 0.1) is 23.7 Å². The number of alkyl halides is 7. The van der Waals surface area contributed by atoms with Crippen LogP contribution in [0, 0.1) is 0 Å². The molecule has 11 heteroatoms. The number of rotatable bonds is 4. The maximum Gasteiger partial charge on any atom is 0.574 e. The van der Waals surface area contributed by atoms with E-state index >= 15 is 0 Å². The van der Waals surface area contributed by atoms with Gasteiger partial charge >= 0.3 is 18.5 Å². The van der Waals surface area contributed by atoms with Crippen molar-refractivity contribution in [1.82, 2.24) is 4.98 Å². The molecule has 0 fully saturated rings. The minimum atomic E-state index is -5.39. The van der Waals surface area contributed by atoms with E-state index in [9.17, 15) is 31.1 Å². The zero-order chi connectivity index (χ0) is 17.1. The van der Waals surface area contributed by atoms with Crippen LogP contribution in [0.25, 0.3) is 0 Å². The highest BCUT2D eigenvalue weighted by molar-refractivity contribution is 6.17. The van der Waals surface area contributed by atoms with E-state index in [2.05, 4.69) is 14.5 Å². The first-order chi connectivity index (χ1) is 9.99. The summed E-state index contributed by atoms with van der Waals surface area (Å²) in [5, 5.41) is 0. The van der Waals surface area contributed by atoms with Gasteiger partial charge in [-0.15, -0.1) is 24.8 Å². The molecule has 0 unspecified atom stereocenters. The number of halogens is 7. The Labute approximate surface area is 125 Å². The number of hydrogen-bond donors (Lipinski definition) is 0. The third-order valence-electron chi connectivity index (χ3n) is 2.21. The Kier molecular flexibility index (Phi) is 5.49. The molecule has 4 nitrogen and oxygen atoms in total. The summed E-state index contributed by atoms with van der Waals surface area (Å²) in [6.45, 7) is 1.25. The van der Waals surface area contributed by atoms with Crippen molar-refractivity contribution >= 4 is 17.6 Å². The molecule has 22 heavy (non-hydrogen) atoms. The van der Waals surface area contributed by atoms with Crippen molar-refractivity contribution in [3.63, 3.8) is 0 Å². The van der Waals surface area contributed by atoms with Crippen LogP contribution in [0.5, 0.6) is 5.88 Å². The fourth-order valence-corrected chi connectivity index (χ4v) is 1.61. The van der Waals surface area contributed by atoms with Crippen LogP contribution >= 0.6 is 11.6 Å². The second-order valence-electron chi connectivity index (χ2n) is 3.74. The smallest absolute Gasteiger partial charge is 0.462 e. The molecule has 0 amide bonds. The fourth-order valence-electron chi connectivity index (χ4n) is 1.41. The summed E-state index contributed by atoms with van der Waals surface area (Å²) in [4.78, 5) is 14.6. The van der Waals surface area contributed by atoms with Crippen molar-refractivity contribution < 1.29 is 40.6 Å². The molecular formula is C11H8ClF6NO3. The van der Waals surface area contributed by atoms with Crippen LogP contribution in [0.1, 0.15) is 28.5 Å². The maximum absolute atomic E-state index is 12.8. The first-order valence-electron chi connectivity index (χ1n) is 5.59. The highest BCUT2D eigenvalue weighted by Crippen LogP contribution is 2.38. The normalized spacial score (nSPS) is 12.2. The van der Waals surface area contributed by atoms with Gasteiger partial charge in [0.25, 0.3) is 0 Å². The summed E-state index contributed by atoms with van der Waals surface area (Å²) >= 11 is 5.40. The molecule has 1 rings (SSSR count).